The molecule has 4 aromatic carbocycles. The van der Waals surface area contributed by atoms with Crippen LogP contribution in [0, 0.1) is 18.6 Å². The highest BCUT2D eigenvalue weighted by molar-refractivity contribution is 7.92. The Balaban J connectivity index is 1.83. The van der Waals surface area contributed by atoms with E-state index in [1.165, 1.54) is 53.4 Å². The summed E-state index contributed by atoms with van der Waals surface area (Å²) in [7, 11) is -4.46. The van der Waals surface area contributed by atoms with Gasteiger partial charge in [0.05, 0.1) is 10.6 Å². The zero-order valence-electron chi connectivity index (χ0n) is 25.5. The van der Waals surface area contributed by atoms with Gasteiger partial charge in [0.25, 0.3) is 10.0 Å². The fraction of sp³-hybridized carbons (Fsp3) is 0.257. The van der Waals surface area contributed by atoms with E-state index in [2.05, 4.69) is 5.32 Å². The van der Waals surface area contributed by atoms with Crippen LogP contribution in [-0.4, -0.2) is 43.8 Å². The summed E-state index contributed by atoms with van der Waals surface area (Å²) >= 11 is 0. The number of para-hydroxylation sites is 1. The van der Waals surface area contributed by atoms with Gasteiger partial charge >= 0.3 is 0 Å². The van der Waals surface area contributed by atoms with Crippen molar-refractivity contribution in [3.63, 3.8) is 0 Å². The summed E-state index contributed by atoms with van der Waals surface area (Å²) in [6, 6.07) is 24.8. The Morgan fingerprint density at radius 3 is 2.04 bits per heavy atom. The van der Waals surface area contributed by atoms with Gasteiger partial charge in [-0.25, -0.2) is 17.2 Å². The first-order valence-corrected chi connectivity index (χ1v) is 16.2. The molecule has 0 aliphatic carbocycles. The number of hydrogen-bond acceptors (Lipinski definition) is 4. The van der Waals surface area contributed by atoms with Crippen LogP contribution >= 0.6 is 0 Å². The van der Waals surface area contributed by atoms with Crippen molar-refractivity contribution in [2.75, 3.05) is 10.8 Å². The molecule has 0 saturated carbocycles. The molecule has 2 atom stereocenters. The second-order valence-corrected chi connectivity index (χ2v) is 12.8. The van der Waals surface area contributed by atoms with Crippen LogP contribution in [0.15, 0.2) is 108 Å². The molecule has 0 radical (unpaired) electrons. The Hall–Kier alpha value is -4.57. The summed E-state index contributed by atoms with van der Waals surface area (Å²) < 4.78 is 58.9. The van der Waals surface area contributed by atoms with Crippen LogP contribution in [0.2, 0.25) is 0 Å². The van der Waals surface area contributed by atoms with E-state index >= 15 is 4.39 Å². The Morgan fingerprint density at radius 1 is 0.822 bits per heavy atom. The van der Waals surface area contributed by atoms with Crippen LogP contribution in [0.3, 0.4) is 0 Å². The van der Waals surface area contributed by atoms with Gasteiger partial charge in [-0.15, -0.1) is 0 Å². The molecule has 0 fully saturated rings. The maximum atomic E-state index is 15.2. The first-order chi connectivity index (χ1) is 21.5. The molecule has 0 saturated heterocycles. The minimum Gasteiger partial charge on any atom is -0.352 e. The Morgan fingerprint density at radius 2 is 1.42 bits per heavy atom. The van der Waals surface area contributed by atoms with E-state index in [1.54, 1.807) is 37.3 Å². The van der Waals surface area contributed by atoms with E-state index in [1.807, 2.05) is 32.0 Å². The molecule has 0 aliphatic rings. The molecular weight excluding hydrogens is 596 g/mol. The number of carbonyl (C=O) groups is 2. The molecule has 0 aromatic heterocycles. The Kier molecular flexibility index (Phi) is 11.1. The van der Waals surface area contributed by atoms with Crippen molar-refractivity contribution >= 4 is 27.5 Å². The summed E-state index contributed by atoms with van der Waals surface area (Å²) in [6.07, 6.45) is 0.703. The van der Waals surface area contributed by atoms with Crippen LogP contribution in [0.1, 0.15) is 37.0 Å². The van der Waals surface area contributed by atoms with Crippen molar-refractivity contribution in [3.8, 4) is 0 Å². The highest BCUT2D eigenvalue weighted by Crippen LogP contribution is 2.27. The van der Waals surface area contributed by atoms with Gasteiger partial charge < -0.3 is 10.2 Å². The average molecular weight is 634 g/mol. The summed E-state index contributed by atoms with van der Waals surface area (Å²) in [4.78, 5) is 29.2. The number of benzene rings is 4. The van der Waals surface area contributed by atoms with Gasteiger partial charge in [-0.3, -0.25) is 13.9 Å². The molecule has 45 heavy (non-hydrogen) atoms. The SMILES string of the molecule is CC[C@H](C)NC(=O)[C@@H](Cc1ccccc1)N(Cc1ccccc1F)C(=O)CN(c1ccccc1F)S(=O)(=O)c1ccc(C)cc1. The highest BCUT2D eigenvalue weighted by Gasteiger charge is 2.36. The topological polar surface area (TPSA) is 86.8 Å². The molecule has 0 aliphatic heterocycles. The van der Waals surface area contributed by atoms with Gasteiger partial charge in [-0.2, -0.15) is 0 Å². The number of halogens is 2. The molecule has 0 spiro atoms. The molecule has 1 N–H and O–H groups in total. The molecule has 0 bridgehead atoms. The fourth-order valence-electron chi connectivity index (χ4n) is 4.81. The summed E-state index contributed by atoms with van der Waals surface area (Å²) in [6.45, 7) is 4.36. The number of amides is 2. The fourth-order valence-corrected chi connectivity index (χ4v) is 6.23. The monoisotopic (exact) mass is 633 g/mol. The molecular formula is C35H37F2N3O4S. The number of sulfonamides is 1. The minimum absolute atomic E-state index is 0.0771. The van der Waals surface area contributed by atoms with Crippen LogP contribution in [0.25, 0.3) is 0 Å². The zero-order chi connectivity index (χ0) is 32.6. The molecule has 7 nitrogen and oxygen atoms in total. The number of nitrogens with one attached hydrogen (secondary N) is 1. The molecule has 236 valence electrons. The predicted molar refractivity (Wildman–Crippen MR) is 171 cm³/mol. The van der Waals surface area contributed by atoms with Crippen molar-refractivity contribution in [2.45, 2.75) is 57.1 Å². The largest absolute Gasteiger partial charge is 0.352 e. The number of aryl methyl sites for hydroxylation is 1. The number of carbonyl (C=O) groups excluding carboxylic acids is 2. The lowest BCUT2D eigenvalue weighted by molar-refractivity contribution is -0.140. The molecule has 10 heteroatoms. The van der Waals surface area contributed by atoms with Gasteiger partial charge in [-0.05, 0) is 56.2 Å². The van der Waals surface area contributed by atoms with Crippen LogP contribution in [0.4, 0.5) is 14.5 Å². The third-order valence-electron chi connectivity index (χ3n) is 7.58. The van der Waals surface area contributed by atoms with Gasteiger partial charge in [0, 0.05) is 24.6 Å². The second kappa shape index (κ2) is 14.9. The first-order valence-electron chi connectivity index (χ1n) is 14.7. The van der Waals surface area contributed by atoms with E-state index in [0.717, 1.165) is 17.2 Å². The van der Waals surface area contributed by atoms with E-state index < -0.39 is 46.1 Å². The number of nitrogens with zero attached hydrogens (tertiary/aromatic N) is 2. The predicted octanol–water partition coefficient (Wildman–Crippen LogP) is 6.02. The van der Waals surface area contributed by atoms with E-state index in [9.17, 15) is 22.4 Å². The number of hydrogen-bond donors (Lipinski definition) is 1. The van der Waals surface area contributed by atoms with Crippen molar-refractivity contribution in [1.82, 2.24) is 10.2 Å². The number of anilines is 1. The maximum Gasteiger partial charge on any atom is 0.264 e. The smallest absolute Gasteiger partial charge is 0.264 e. The van der Waals surface area contributed by atoms with Crippen molar-refractivity contribution in [1.29, 1.82) is 0 Å². The normalized spacial score (nSPS) is 12.6. The molecule has 0 heterocycles. The minimum atomic E-state index is -4.46. The van der Waals surface area contributed by atoms with Crippen LogP contribution in [0.5, 0.6) is 0 Å². The lowest BCUT2D eigenvalue weighted by Crippen LogP contribution is -2.54. The van der Waals surface area contributed by atoms with Crippen LogP contribution < -0.4 is 9.62 Å². The second-order valence-electron chi connectivity index (χ2n) is 10.9. The van der Waals surface area contributed by atoms with Crippen molar-refractivity contribution in [2.24, 2.45) is 0 Å². The molecule has 4 rings (SSSR count). The van der Waals surface area contributed by atoms with Gasteiger partial charge in [-0.1, -0.05) is 85.3 Å². The average Bonchev–Trinajstić information content (AvgIpc) is 3.03. The van der Waals surface area contributed by atoms with E-state index in [0.29, 0.717) is 10.7 Å². The standard InChI is InChI=1S/C35H37F2N3O4S/c1-4-26(3)38-35(42)33(22-27-12-6-5-7-13-27)39(23-28-14-8-9-15-30(28)36)34(41)24-40(32-17-11-10-16-31(32)37)45(43,44)29-20-18-25(2)19-21-29/h5-21,26,33H,4,22-24H2,1-3H3,(H,38,42)/t26-,33+/m0/s1. The molecule has 4 aromatic rings. The van der Waals surface area contributed by atoms with Crippen molar-refractivity contribution in [3.05, 3.63) is 131 Å². The molecule has 0 unspecified atom stereocenters. The van der Waals surface area contributed by atoms with Crippen molar-refractivity contribution < 1.29 is 26.8 Å². The lowest BCUT2D eigenvalue weighted by Gasteiger charge is -2.34. The quantitative estimate of drug-likeness (QED) is 0.195. The number of rotatable bonds is 13. The summed E-state index contributed by atoms with van der Waals surface area (Å²) in [5, 5.41) is 2.92. The first kappa shape index (κ1) is 33.3. The highest BCUT2D eigenvalue weighted by atomic mass is 32.2. The van der Waals surface area contributed by atoms with Gasteiger partial charge in [0.1, 0.15) is 24.2 Å². The third kappa shape index (κ3) is 8.33. The van der Waals surface area contributed by atoms with Gasteiger partial charge in [0.15, 0.2) is 0 Å². The Bertz CT molecular complexity index is 1720. The van der Waals surface area contributed by atoms with E-state index in [4.69, 9.17) is 0 Å². The van der Waals surface area contributed by atoms with Gasteiger partial charge in [0.2, 0.25) is 11.8 Å². The summed E-state index contributed by atoms with van der Waals surface area (Å²) in [5.74, 6) is -2.72. The molecule has 2 amide bonds. The third-order valence-corrected chi connectivity index (χ3v) is 9.35. The Labute approximate surface area is 263 Å². The zero-order valence-corrected chi connectivity index (χ0v) is 26.3. The van der Waals surface area contributed by atoms with Crippen LogP contribution in [-0.2, 0) is 32.6 Å². The van der Waals surface area contributed by atoms with E-state index in [-0.39, 0.29) is 35.2 Å². The lowest BCUT2D eigenvalue weighted by atomic mass is 10.0. The maximum absolute atomic E-state index is 15.2. The summed E-state index contributed by atoms with van der Waals surface area (Å²) in [5.41, 5.74) is 1.36.